The van der Waals surface area contributed by atoms with Crippen molar-refractivity contribution in [2.24, 2.45) is 0 Å². The van der Waals surface area contributed by atoms with Gasteiger partial charge in [-0.15, -0.1) is 0 Å². The van der Waals surface area contributed by atoms with Gasteiger partial charge in [-0.1, -0.05) is 174 Å². The van der Waals surface area contributed by atoms with Crippen LogP contribution in [0.2, 0.25) is 0 Å². The largest absolute Gasteiger partial charge is 0.456 e. The normalized spacial score (nSPS) is 11.8. The first-order valence-electron chi connectivity index (χ1n) is 20.2. The van der Waals surface area contributed by atoms with E-state index >= 15 is 0 Å². The lowest BCUT2D eigenvalue weighted by atomic mass is 9.83. The van der Waals surface area contributed by atoms with Gasteiger partial charge in [0.2, 0.25) is 0 Å². The van der Waals surface area contributed by atoms with Gasteiger partial charge in [0, 0.05) is 10.8 Å². The zero-order chi connectivity index (χ0) is 32.0. The fraction of sp³-hybridized carbons (Fsp3) is 0.727. The molecule has 0 amide bonds. The van der Waals surface area contributed by atoms with Crippen LogP contribution in [0.4, 0.5) is 0 Å². The van der Waals surface area contributed by atoms with Crippen molar-refractivity contribution in [1.82, 2.24) is 0 Å². The third-order valence-corrected chi connectivity index (χ3v) is 10.4. The SMILES string of the molecule is CCCCCCCCc1c(CCCCCCCC)c(CCCCCCCC)c2c(oc3ccccc32)c1CCCCCCCC. The van der Waals surface area contributed by atoms with Gasteiger partial charge >= 0.3 is 0 Å². The highest BCUT2D eigenvalue weighted by Gasteiger charge is 2.23. The molecule has 0 saturated heterocycles. The van der Waals surface area contributed by atoms with Crippen molar-refractivity contribution in [2.45, 2.75) is 207 Å². The molecule has 254 valence electrons. The highest BCUT2D eigenvalue weighted by Crippen LogP contribution is 2.41. The Balaban J connectivity index is 2.01. The predicted octanol–water partition coefficient (Wildman–Crippen LogP) is 15.2. The van der Waals surface area contributed by atoms with Crippen molar-refractivity contribution in [3.63, 3.8) is 0 Å². The summed E-state index contributed by atoms with van der Waals surface area (Å²) in [6, 6.07) is 8.97. The van der Waals surface area contributed by atoms with Gasteiger partial charge in [-0.25, -0.2) is 0 Å². The average Bonchev–Trinajstić information content (AvgIpc) is 3.44. The lowest BCUT2D eigenvalue weighted by Crippen LogP contribution is -2.08. The molecule has 45 heavy (non-hydrogen) atoms. The third kappa shape index (κ3) is 12.8. The van der Waals surface area contributed by atoms with Gasteiger partial charge in [-0.2, -0.15) is 0 Å². The Kier molecular flexibility index (Phi) is 19.7. The Morgan fingerprint density at radius 1 is 0.378 bits per heavy atom. The number of para-hydroxylation sites is 1. The maximum absolute atomic E-state index is 6.90. The van der Waals surface area contributed by atoms with Crippen LogP contribution in [0, 0.1) is 0 Å². The maximum atomic E-state index is 6.90. The van der Waals surface area contributed by atoms with Crippen LogP contribution in [0.15, 0.2) is 28.7 Å². The molecule has 0 aliphatic rings. The zero-order valence-corrected chi connectivity index (χ0v) is 30.5. The molecule has 0 bridgehead atoms. The summed E-state index contributed by atoms with van der Waals surface area (Å²) < 4.78 is 6.90. The summed E-state index contributed by atoms with van der Waals surface area (Å²) in [5.41, 5.74) is 9.11. The second-order valence-electron chi connectivity index (χ2n) is 14.3. The van der Waals surface area contributed by atoms with Crippen LogP contribution in [-0.2, 0) is 25.7 Å². The first-order chi connectivity index (χ1) is 22.3. The van der Waals surface area contributed by atoms with Crippen LogP contribution in [-0.4, -0.2) is 0 Å². The van der Waals surface area contributed by atoms with Gasteiger partial charge in [-0.05, 0) is 79.7 Å². The van der Waals surface area contributed by atoms with Crippen LogP contribution >= 0.6 is 0 Å². The fourth-order valence-electron chi connectivity index (χ4n) is 7.68. The molecule has 1 aromatic heterocycles. The number of hydrogen-bond acceptors (Lipinski definition) is 1. The number of hydrogen-bond donors (Lipinski definition) is 0. The van der Waals surface area contributed by atoms with E-state index in [0.717, 1.165) is 5.58 Å². The molecule has 0 spiro atoms. The van der Waals surface area contributed by atoms with Crippen LogP contribution in [0.1, 0.15) is 204 Å². The van der Waals surface area contributed by atoms with Crippen molar-refractivity contribution in [2.75, 3.05) is 0 Å². The zero-order valence-electron chi connectivity index (χ0n) is 30.5. The van der Waals surface area contributed by atoms with Crippen molar-refractivity contribution >= 4 is 21.9 Å². The molecule has 0 aliphatic heterocycles. The molecule has 2 aromatic carbocycles. The van der Waals surface area contributed by atoms with E-state index in [4.69, 9.17) is 4.42 Å². The summed E-state index contributed by atoms with van der Waals surface area (Å²) in [6.45, 7) is 9.31. The number of aryl methyl sites for hydroxylation is 2. The number of benzene rings is 2. The lowest BCUT2D eigenvalue weighted by Gasteiger charge is -2.22. The Hall–Kier alpha value is -1.76. The van der Waals surface area contributed by atoms with E-state index in [2.05, 4.69) is 52.0 Å². The second-order valence-corrected chi connectivity index (χ2v) is 14.3. The van der Waals surface area contributed by atoms with Gasteiger partial charge in [0.1, 0.15) is 11.2 Å². The van der Waals surface area contributed by atoms with E-state index in [0.29, 0.717) is 0 Å². The summed E-state index contributed by atoms with van der Waals surface area (Å²) in [5, 5.41) is 2.86. The lowest BCUT2D eigenvalue weighted by molar-refractivity contribution is 0.586. The van der Waals surface area contributed by atoms with Gasteiger partial charge in [0.15, 0.2) is 0 Å². The molecule has 0 saturated carbocycles. The molecule has 3 aromatic rings. The van der Waals surface area contributed by atoms with E-state index < -0.39 is 0 Å². The van der Waals surface area contributed by atoms with Gasteiger partial charge in [-0.3, -0.25) is 0 Å². The minimum Gasteiger partial charge on any atom is -0.456 e. The molecule has 0 atom stereocenters. The summed E-state index contributed by atoms with van der Waals surface area (Å²) in [6.07, 6.45) is 37.7. The van der Waals surface area contributed by atoms with Gasteiger partial charge < -0.3 is 4.42 Å². The van der Waals surface area contributed by atoms with Crippen LogP contribution in [0.5, 0.6) is 0 Å². The van der Waals surface area contributed by atoms with E-state index in [1.165, 1.54) is 196 Å². The monoisotopic (exact) mass is 617 g/mol. The van der Waals surface area contributed by atoms with Crippen molar-refractivity contribution in [1.29, 1.82) is 0 Å². The standard InChI is InChI=1S/C44H72O/c1-5-9-13-17-21-25-31-37-38(32-26-22-18-14-10-6-2)40(34-28-24-20-16-12-8-4)44-43(41-35-29-30-36-42(41)45-44)39(37)33-27-23-19-15-11-7-3/h29-30,35-36H,5-28,31-34H2,1-4H3. The van der Waals surface area contributed by atoms with Gasteiger partial charge in [0.25, 0.3) is 0 Å². The summed E-state index contributed by atoms with van der Waals surface area (Å²) in [5.74, 6) is 0. The molecule has 0 aliphatic carbocycles. The Morgan fingerprint density at radius 2 is 0.733 bits per heavy atom. The summed E-state index contributed by atoms with van der Waals surface area (Å²) in [7, 11) is 0. The Labute approximate surface area is 279 Å². The van der Waals surface area contributed by atoms with Crippen molar-refractivity contribution in [3.8, 4) is 0 Å². The molecule has 0 N–H and O–H groups in total. The number of fused-ring (bicyclic) bond motifs is 3. The topological polar surface area (TPSA) is 13.1 Å². The fourth-order valence-corrected chi connectivity index (χ4v) is 7.68. The molecular weight excluding hydrogens is 544 g/mol. The first kappa shape index (κ1) is 37.7. The minimum absolute atomic E-state index is 1.10. The average molecular weight is 617 g/mol. The Bertz CT molecular complexity index is 1170. The molecule has 1 heterocycles. The molecule has 0 radical (unpaired) electrons. The smallest absolute Gasteiger partial charge is 0.139 e. The number of rotatable bonds is 28. The molecular formula is C44H72O. The second kappa shape index (κ2) is 23.5. The highest BCUT2D eigenvalue weighted by atomic mass is 16.3. The summed E-state index contributed by atoms with van der Waals surface area (Å²) >= 11 is 0. The van der Waals surface area contributed by atoms with Crippen molar-refractivity contribution in [3.05, 3.63) is 46.5 Å². The van der Waals surface area contributed by atoms with Gasteiger partial charge in [0.05, 0.1) is 0 Å². The molecule has 3 rings (SSSR count). The van der Waals surface area contributed by atoms with Crippen LogP contribution < -0.4 is 0 Å². The van der Waals surface area contributed by atoms with E-state index in [1.807, 2.05) is 0 Å². The van der Waals surface area contributed by atoms with Crippen LogP contribution in [0.3, 0.4) is 0 Å². The third-order valence-electron chi connectivity index (χ3n) is 10.4. The summed E-state index contributed by atoms with van der Waals surface area (Å²) in [4.78, 5) is 0. The quantitative estimate of drug-likeness (QED) is 0.0740. The molecule has 0 unspecified atom stereocenters. The maximum Gasteiger partial charge on any atom is 0.139 e. The molecule has 1 heteroatoms. The Morgan fingerprint density at radius 3 is 1.20 bits per heavy atom. The first-order valence-corrected chi connectivity index (χ1v) is 20.2. The van der Waals surface area contributed by atoms with E-state index in [-0.39, 0.29) is 0 Å². The molecule has 1 nitrogen and oxygen atoms in total. The van der Waals surface area contributed by atoms with Crippen molar-refractivity contribution < 1.29 is 4.42 Å². The number of unbranched alkanes of at least 4 members (excludes halogenated alkanes) is 20. The minimum atomic E-state index is 1.10. The van der Waals surface area contributed by atoms with E-state index in [1.54, 1.807) is 22.3 Å². The van der Waals surface area contributed by atoms with Crippen LogP contribution in [0.25, 0.3) is 21.9 Å². The van der Waals surface area contributed by atoms with E-state index in [9.17, 15) is 0 Å². The molecule has 0 fully saturated rings. The number of furan rings is 1. The highest BCUT2D eigenvalue weighted by molar-refractivity contribution is 6.08. The predicted molar refractivity (Wildman–Crippen MR) is 202 cm³/mol.